The summed E-state index contributed by atoms with van der Waals surface area (Å²) in [4.78, 5) is 12.2. The molecule has 0 spiro atoms. The van der Waals surface area contributed by atoms with Gasteiger partial charge in [-0.2, -0.15) is 0 Å². The SMILES string of the molecule is C/C=C(Nc1ccc(C)cc1F)\C(=C/N(C)C=O)NS(=O)N(C)C. The van der Waals surface area contributed by atoms with Gasteiger partial charge in [0, 0.05) is 27.3 Å². The van der Waals surface area contributed by atoms with Gasteiger partial charge in [-0.15, -0.1) is 0 Å². The van der Waals surface area contributed by atoms with E-state index in [2.05, 4.69) is 10.0 Å². The van der Waals surface area contributed by atoms with Crippen LogP contribution in [0.25, 0.3) is 0 Å². The van der Waals surface area contributed by atoms with Crippen molar-refractivity contribution in [1.82, 2.24) is 13.9 Å². The summed E-state index contributed by atoms with van der Waals surface area (Å²) in [5, 5.41) is 2.96. The molecule has 0 saturated carbocycles. The highest BCUT2D eigenvalue weighted by Gasteiger charge is 2.13. The van der Waals surface area contributed by atoms with Crippen LogP contribution in [-0.4, -0.2) is 41.0 Å². The molecular weight excluding hydrogens is 331 g/mol. The maximum atomic E-state index is 14.1. The molecule has 1 amide bonds. The first-order chi connectivity index (χ1) is 11.3. The Balaban J connectivity index is 3.15. The zero-order valence-electron chi connectivity index (χ0n) is 14.5. The van der Waals surface area contributed by atoms with Gasteiger partial charge in [0.25, 0.3) is 0 Å². The lowest BCUT2D eigenvalue weighted by Gasteiger charge is -2.20. The number of nitrogens with one attached hydrogen (secondary N) is 2. The van der Waals surface area contributed by atoms with Gasteiger partial charge in [-0.25, -0.2) is 12.9 Å². The van der Waals surface area contributed by atoms with Gasteiger partial charge in [-0.05, 0) is 31.5 Å². The number of nitrogens with zero attached hydrogens (tertiary/aromatic N) is 2. The summed E-state index contributed by atoms with van der Waals surface area (Å²) in [6, 6.07) is 4.82. The molecule has 24 heavy (non-hydrogen) atoms. The molecule has 132 valence electrons. The second-order valence-electron chi connectivity index (χ2n) is 5.29. The number of hydrogen-bond acceptors (Lipinski definition) is 3. The third kappa shape index (κ3) is 5.78. The molecule has 6 nitrogen and oxygen atoms in total. The summed E-state index contributed by atoms with van der Waals surface area (Å²) in [5.41, 5.74) is 1.97. The molecule has 1 rings (SSSR count). The van der Waals surface area contributed by atoms with E-state index < -0.39 is 17.0 Å². The summed E-state index contributed by atoms with van der Waals surface area (Å²) in [5.74, 6) is -0.397. The topological polar surface area (TPSA) is 64.7 Å². The average Bonchev–Trinajstić information content (AvgIpc) is 2.53. The molecule has 2 N–H and O–H groups in total. The first-order valence-electron chi connectivity index (χ1n) is 7.23. The third-order valence-corrected chi connectivity index (χ3v) is 4.06. The predicted molar refractivity (Wildman–Crippen MR) is 95.4 cm³/mol. The van der Waals surface area contributed by atoms with Crippen LogP contribution in [0.1, 0.15) is 12.5 Å². The van der Waals surface area contributed by atoms with Gasteiger partial charge in [0.1, 0.15) is 5.82 Å². The van der Waals surface area contributed by atoms with E-state index >= 15 is 0 Å². The van der Waals surface area contributed by atoms with Crippen molar-refractivity contribution in [3.8, 4) is 0 Å². The van der Waals surface area contributed by atoms with Crippen LogP contribution >= 0.6 is 0 Å². The van der Waals surface area contributed by atoms with Crippen LogP contribution in [0.4, 0.5) is 10.1 Å². The highest BCUT2D eigenvalue weighted by Crippen LogP contribution is 2.20. The van der Waals surface area contributed by atoms with Crippen molar-refractivity contribution in [2.75, 3.05) is 26.5 Å². The van der Waals surface area contributed by atoms with E-state index in [4.69, 9.17) is 0 Å². The Morgan fingerprint density at radius 2 is 1.92 bits per heavy atom. The molecule has 8 heteroatoms. The highest BCUT2D eigenvalue weighted by molar-refractivity contribution is 7.80. The number of rotatable bonds is 8. The zero-order valence-corrected chi connectivity index (χ0v) is 15.3. The lowest BCUT2D eigenvalue weighted by Crippen LogP contribution is -2.31. The number of anilines is 1. The first kappa shape index (κ1) is 19.9. The lowest BCUT2D eigenvalue weighted by atomic mass is 10.2. The molecule has 1 unspecified atom stereocenters. The van der Waals surface area contributed by atoms with Crippen molar-refractivity contribution in [3.05, 3.63) is 53.2 Å². The predicted octanol–water partition coefficient (Wildman–Crippen LogP) is 2.11. The molecule has 0 aliphatic heterocycles. The minimum atomic E-state index is -1.51. The molecule has 0 aliphatic carbocycles. The molecule has 0 aliphatic rings. The van der Waals surface area contributed by atoms with Gasteiger partial charge in [-0.1, -0.05) is 12.1 Å². The van der Waals surface area contributed by atoms with Crippen molar-refractivity contribution in [1.29, 1.82) is 0 Å². The summed E-state index contributed by atoms with van der Waals surface area (Å²) >= 11 is -1.51. The molecule has 1 atom stereocenters. The average molecular weight is 354 g/mol. The summed E-state index contributed by atoms with van der Waals surface area (Å²) in [7, 11) is 4.84. The number of amides is 1. The highest BCUT2D eigenvalue weighted by atomic mass is 32.2. The van der Waals surface area contributed by atoms with E-state index in [9.17, 15) is 13.4 Å². The normalized spacial score (nSPS) is 13.6. The minimum absolute atomic E-state index is 0.283. The molecule has 0 saturated heterocycles. The number of carbonyl (C=O) groups is 1. The van der Waals surface area contributed by atoms with E-state index in [1.165, 1.54) is 21.5 Å². The Kier molecular flexibility index (Phi) is 7.60. The molecule has 0 fully saturated rings. The third-order valence-electron chi connectivity index (χ3n) is 3.00. The van der Waals surface area contributed by atoms with Crippen LogP contribution in [0.2, 0.25) is 0 Å². The van der Waals surface area contributed by atoms with Crippen LogP contribution in [0.5, 0.6) is 0 Å². The van der Waals surface area contributed by atoms with Crippen LogP contribution in [0.15, 0.2) is 41.9 Å². The molecule has 0 aromatic heterocycles. The van der Waals surface area contributed by atoms with Crippen molar-refractivity contribution in [3.63, 3.8) is 0 Å². The minimum Gasteiger partial charge on any atom is -0.352 e. The Morgan fingerprint density at radius 3 is 2.42 bits per heavy atom. The molecular formula is C16H23FN4O2S. The van der Waals surface area contributed by atoms with Gasteiger partial charge in [0.05, 0.1) is 17.1 Å². The van der Waals surface area contributed by atoms with Crippen LogP contribution in [0.3, 0.4) is 0 Å². The maximum absolute atomic E-state index is 14.1. The monoisotopic (exact) mass is 354 g/mol. The fraction of sp³-hybridized carbons (Fsp3) is 0.312. The molecule has 1 aromatic carbocycles. The Morgan fingerprint density at radius 1 is 1.25 bits per heavy atom. The summed E-state index contributed by atoms with van der Waals surface area (Å²) < 4.78 is 30.4. The zero-order chi connectivity index (χ0) is 18.3. The van der Waals surface area contributed by atoms with E-state index in [1.54, 1.807) is 53.2 Å². The van der Waals surface area contributed by atoms with Crippen LogP contribution in [0, 0.1) is 12.7 Å². The smallest absolute Gasteiger partial charge is 0.213 e. The van der Waals surface area contributed by atoms with Crippen molar-refractivity contribution >= 4 is 23.3 Å². The van der Waals surface area contributed by atoms with E-state index in [0.29, 0.717) is 17.8 Å². The first-order valence-corrected chi connectivity index (χ1v) is 8.34. The lowest BCUT2D eigenvalue weighted by molar-refractivity contribution is -0.115. The summed E-state index contributed by atoms with van der Waals surface area (Å²) in [6.45, 7) is 3.55. The standard InChI is InChI=1S/C16H23FN4O2S/c1-6-14(18-15-8-7-12(2)9-13(15)17)16(10-21(5)11-22)19-24(23)20(3)4/h6-11,18-19H,1-5H3/b14-6+,16-10+. The van der Waals surface area contributed by atoms with Gasteiger partial charge >= 0.3 is 0 Å². The number of halogens is 1. The van der Waals surface area contributed by atoms with Gasteiger partial charge < -0.3 is 10.2 Å². The molecule has 0 bridgehead atoms. The van der Waals surface area contributed by atoms with Crippen molar-refractivity contribution in [2.24, 2.45) is 0 Å². The van der Waals surface area contributed by atoms with Crippen LogP contribution < -0.4 is 10.0 Å². The van der Waals surface area contributed by atoms with Gasteiger partial charge in [0.2, 0.25) is 6.41 Å². The second-order valence-corrected chi connectivity index (χ2v) is 6.72. The summed E-state index contributed by atoms with van der Waals surface area (Å²) in [6.07, 6.45) is 3.78. The molecule has 0 heterocycles. The fourth-order valence-corrected chi connectivity index (χ4v) is 2.27. The Bertz CT molecular complexity index is 674. The van der Waals surface area contributed by atoms with Gasteiger partial charge in [0.15, 0.2) is 11.2 Å². The van der Waals surface area contributed by atoms with E-state index in [-0.39, 0.29) is 5.69 Å². The largest absolute Gasteiger partial charge is 0.352 e. The van der Waals surface area contributed by atoms with Crippen molar-refractivity contribution in [2.45, 2.75) is 13.8 Å². The second kappa shape index (κ2) is 9.19. The molecule has 1 aromatic rings. The number of carbonyl (C=O) groups excluding carboxylic acids is 1. The van der Waals surface area contributed by atoms with Crippen molar-refractivity contribution < 1.29 is 13.4 Å². The van der Waals surface area contributed by atoms with Gasteiger partial charge in [-0.3, -0.25) is 9.52 Å². The molecule has 0 radical (unpaired) electrons. The Hall–Kier alpha value is -2.19. The fourth-order valence-electron chi connectivity index (χ4n) is 1.73. The number of benzene rings is 1. The van der Waals surface area contributed by atoms with E-state index in [0.717, 1.165) is 5.56 Å². The van der Waals surface area contributed by atoms with Crippen LogP contribution in [-0.2, 0) is 16.0 Å². The number of aryl methyl sites for hydroxylation is 1. The quantitative estimate of drug-likeness (QED) is 0.555. The Labute approximate surface area is 144 Å². The maximum Gasteiger partial charge on any atom is 0.213 e. The number of hydrogen-bond donors (Lipinski definition) is 2. The number of allylic oxidation sites excluding steroid dienone is 1. The van der Waals surface area contributed by atoms with E-state index in [1.807, 2.05) is 0 Å².